The summed E-state index contributed by atoms with van der Waals surface area (Å²) in [6.07, 6.45) is 8.49. The maximum atomic E-state index is 11.2. The first-order chi connectivity index (χ1) is 11.7. The Morgan fingerprint density at radius 1 is 0.731 bits per heavy atom. The van der Waals surface area contributed by atoms with Crippen molar-refractivity contribution in [2.75, 3.05) is 0 Å². The van der Waals surface area contributed by atoms with Crippen LogP contribution in [0.2, 0.25) is 0 Å². The molecule has 0 aliphatic rings. The fraction of sp³-hybridized carbons (Fsp3) is 0.842. The molecule has 0 aliphatic carbocycles. The standard InChI is InChI=1S/C11H19N3O3S.C8H18/c1-10(2,3)7-12-8(11(4,5)6)14-9(13-7)18(15,16)17;1-3-5-7-8-6-4-2/h1-6H3,(H,15,16,17);3-8H2,1-2H3. The molecule has 1 aromatic heterocycles. The highest BCUT2D eigenvalue weighted by Crippen LogP contribution is 2.24. The molecule has 0 aromatic carbocycles. The number of hydrogen-bond acceptors (Lipinski definition) is 5. The molecule has 6 nitrogen and oxygen atoms in total. The third kappa shape index (κ3) is 9.57. The van der Waals surface area contributed by atoms with Gasteiger partial charge in [-0.3, -0.25) is 4.55 Å². The molecular formula is C19H37N3O3S. The van der Waals surface area contributed by atoms with Gasteiger partial charge in [-0.1, -0.05) is 93.9 Å². The lowest BCUT2D eigenvalue weighted by molar-refractivity contribution is 0.449. The summed E-state index contributed by atoms with van der Waals surface area (Å²) in [6.45, 7) is 15.7. The van der Waals surface area contributed by atoms with Gasteiger partial charge in [0.15, 0.2) is 0 Å². The van der Waals surface area contributed by atoms with Crippen molar-refractivity contribution in [3.63, 3.8) is 0 Å². The van der Waals surface area contributed by atoms with E-state index in [2.05, 4.69) is 28.8 Å². The Morgan fingerprint density at radius 2 is 1.08 bits per heavy atom. The molecule has 1 aromatic rings. The molecule has 152 valence electrons. The molecule has 0 aliphatic heterocycles. The van der Waals surface area contributed by atoms with E-state index in [1.54, 1.807) is 0 Å². The van der Waals surface area contributed by atoms with Gasteiger partial charge in [0.05, 0.1) is 0 Å². The van der Waals surface area contributed by atoms with Crippen molar-refractivity contribution in [1.82, 2.24) is 15.0 Å². The van der Waals surface area contributed by atoms with E-state index in [-0.39, 0.29) is 0 Å². The normalized spacial score (nSPS) is 12.5. The summed E-state index contributed by atoms with van der Waals surface area (Å²) in [5, 5.41) is -0.590. The number of hydrogen-bond donors (Lipinski definition) is 1. The molecule has 0 atom stereocenters. The van der Waals surface area contributed by atoms with Gasteiger partial charge in [0, 0.05) is 10.8 Å². The topological polar surface area (TPSA) is 93.0 Å². The van der Waals surface area contributed by atoms with Crippen molar-refractivity contribution in [3.05, 3.63) is 11.6 Å². The van der Waals surface area contributed by atoms with Crippen LogP contribution in [0.4, 0.5) is 0 Å². The first-order valence-electron chi connectivity index (χ1n) is 9.48. The molecule has 0 bridgehead atoms. The average molecular weight is 388 g/mol. The molecule has 7 heteroatoms. The van der Waals surface area contributed by atoms with E-state index in [1.807, 2.05) is 41.5 Å². The van der Waals surface area contributed by atoms with Gasteiger partial charge in [0.25, 0.3) is 5.16 Å². The molecule has 0 amide bonds. The van der Waals surface area contributed by atoms with E-state index >= 15 is 0 Å². The minimum atomic E-state index is -4.43. The van der Waals surface area contributed by atoms with Crippen molar-refractivity contribution in [1.29, 1.82) is 0 Å². The second-order valence-corrected chi connectivity index (χ2v) is 9.97. The minimum Gasteiger partial charge on any atom is -0.279 e. The highest BCUT2D eigenvalue weighted by molar-refractivity contribution is 7.85. The number of nitrogens with zero attached hydrogens (tertiary/aromatic N) is 3. The third-order valence-corrected chi connectivity index (χ3v) is 4.29. The van der Waals surface area contributed by atoms with E-state index in [0.717, 1.165) is 0 Å². The summed E-state index contributed by atoms with van der Waals surface area (Å²) in [4.78, 5) is 12.0. The van der Waals surface area contributed by atoms with Gasteiger partial charge in [0.2, 0.25) is 0 Å². The summed E-state index contributed by atoms with van der Waals surface area (Å²) >= 11 is 0. The number of rotatable bonds is 6. The molecule has 0 saturated carbocycles. The van der Waals surface area contributed by atoms with Gasteiger partial charge in [0.1, 0.15) is 11.6 Å². The van der Waals surface area contributed by atoms with Gasteiger partial charge in [-0.15, -0.1) is 0 Å². The monoisotopic (exact) mass is 387 g/mol. The lowest BCUT2D eigenvalue weighted by Gasteiger charge is -2.22. The Labute approximate surface area is 160 Å². The maximum Gasteiger partial charge on any atom is 0.330 e. The summed E-state index contributed by atoms with van der Waals surface area (Å²) < 4.78 is 31.5. The van der Waals surface area contributed by atoms with Gasteiger partial charge in [-0.2, -0.15) is 8.42 Å². The quantitative estimate of drug-likeness (QED) is 0.540. The number of unbranched alkanes of at least 4 members (excludes halogenated alkanes) is 5. The van der Waals surface area contributed by atoms with Crippen molar-refractivity contribution >= 4 is 10.1 Å². The summed E-state index contributed by atoms with van der Waals surface area (Å²) in [6, 6.07) is 0. The highest BCUT2D eigenvalue weighted by atomic mass is 32.2. The van der Waals surface area contributed by atoms with E-state index in [0.29, 0.717) is 11.6 Å². The first kappa shape index (κ1) is 24.9. The van der Waals surface area contributed by atoms with Crippen molar-refractivity contribution < 1.29 is 13.0 Å². The zero-order valence-electron chi connectivity index (χ0n) is 17.8. The van der Waals surface area contributed by atoms with E-state index in [4.69, 9.17) is 4.55 Å². The molecule has 1 N–H and O–H groups in total. The SMILES string of the molecule is CC(C)(C)c1nc(C(C)(C)C)nc(S(=O)(=O)O)n1.CCCCCCCC. The van der Waals surface area contributed by atoms with Crippen LogP contribution in [0.5, 0.6) is 0 Å². The fourth-order valence-electron chi connectivity index (χ4n) is 2.00. The summed E-state index contributed by atoms with van der Waals surface area (Å²) in [5.74, 6) is 0.685. The Kier molecular flexibility index (Phi) is 9.88. The van der Waals surface area contributed by atoms with Crippen LogP contribution < -0.4 is 0 Å². The molecule has 0 unspecified atom stereocenters. The molecular weight excluding hydrogens is 350 g/mol. The smallest absolute Gasteiger partial charge is 0.279 e. The lowest BCUT2D eigenvalue weighted by atomic mass is 9.93. The third-order valence-electron chi connectivity index (χ3n) is 3.64. The number of aromatic nitrogens is 3. The second kappa shape index (κ2) is 10.3. The Balaban J connectivity index is 0.000000660. The molecule has 26 heavy (non-hydrogen) atoms. The Bertz CT molecular complexity index is 607. The van der Waals surface area contributed by atoms with Gasteiger partial charge in [-0.25, -0.2) is 15.0 Å². The zero-order valence-corrected chi connectivity index (χ0v) is 18.6. The molecule has 1 heterocycles. The fourth-order valence-corrected chi connectivity index (χ4v) is 2.40. The van der Waals surface area contributed by atoms with E-state index in [1.165, 1.54) is 38.5 Å². The van der Waals surface area contributed by atoms with Crippen LogP contribution in [0.3, 0.4) is 0 Å². The summed E-state index contributed by atoms with van der Waals surface area (Å²) in [7, 11) is -4.43. The predicted octanol–water partition coefficient (Wildman–Crippen LogP) is 5.08. The maximum absolute atomic E-state index is 11.2. The van der Waals surface area contributed by atoms with Crippen LogP contribution in [0.1, 0.15) is 106 Å². The Hall–Kier alpha value is -1.08. The van der Waals surface area contributed by atoms with Crippen LogP contribution in [0.15, 0.2) is 5.16 Å². The second-order valence-electron chi connectivity index (χ2n) is 8.65. The molecule has 0 radical (unpaired) electrons. The van der Waals surface area contributed by atoms with Gasteiger partial charge < -0.3 is 0 Å². The predicted molar refractivity (Wildman–Crippen MR) is 106 cm³/mol. The lowest BCUT2D eigenvalue weighted by Crippen LogP contribution is -2.25. The molecule has 0 fully saturated rings. The van der Waals surface area contributed by atoms with Crippen LogP contribution in [-0.2, 0) is 20.9 Å². The highest BCUT2D eigenvalue weighted by Gasteiger charge is 2.28. The van der Waals surface area contributed by atoms with Crippen molar-refractivity contribution in [2.45, 2.75) is 110 Å². The van der Waals surface area contributed by atoms with Crippen LogP contribution >= 0.6 is 0 Å². The minimum absolute atomic E-state index is 0.343. The van der Waals surface area contributed by atoms with Crippen molar-refractivity contribution in [3.8, 4) is 0 Å². The largest absolute Gasteiger partial charge is 0.330 e. The van der Waals surface area contributed by atoms with E-state index < -0.39 is 26.1 Å². The van der Waals surface area contributed by atoms with Crippen molar-refractivity contribution in [2.24, 2.45) is 0 Å². The van der Waals surface area contributed by atoms with Crippen LogP contribution in [0, 0.1) is 0 Å². The first-order valence-corrected chi connectivity index (χ1v) is 10.9. The van der Waals surface area contributed by atoms with Crippen LogP contribution in [-0.4, -0.2) is 27.9 Å². The molecule has 1 rings (SSSR count). The van der Waals surface area contributed by atoms with Crippen LogP contribution in [0.25, 0.3) is 0 Å². The molecule has 0 saturated heterocycles. The Morgan fingerprint density at radius 3 is 1.31 bits per heavy atom. The zero-order chi connectivity index (χ0) is 20.6. The van der Waals surface area contributed by atoms with E-state index in [9.17, 15) is 8.42 Å². The van der Waals surface area contributed by atoms with Gasteiger partial charge in [-0.05, 0) is 0 Å². The summed E-state index contributed by atoms with van der Waals surface area (Å²) in [5.41, 5.74) is -0.856. The van der Waals surface area contributed by atoms with Gasteiger partial charge >= 0.3 is 10.1 Å². The molecule has 0 spiro atoms. The average Bonchev–Trinajstić information content (AvgIpc) is 2.49.